The second-order valence-electron chi connectivity index (χ2n) is 5.84. The monoisotopic (exact) mass is 274 g/mol. The van der Waals surface area contributed by atoms with E-state index in [0.717, 1.165) is 30.6 Å². The van der Waals surface area contributed by atoms with E-state index in [-0.39, 0.29) is 18.1 Å². The van der Waals surface area contributed by atoms with E-state index in [2.05, 4.69) is 11.4 Å². The van der Waals surface area contributed by atoms with Crippen LogP contribution in [0, 0.1) is 0 Å². The van der Waals surface area contributed by atoms with Crippen molar-refractivity contribution in [2.24, 2.45) is 0 Å². The molecule has 1 fully saturated rings. The number of aryl methyl sites for hydroxylation is 1. The zero-order valence-corrected chi connectivity index (χ0v) is 12.2. The molecule has 1 saturated heterocycles. The molecule has 3 rings (SSSR count). The third-order valence-electron chi connectivity index (χ3n) is 4.01. The molecule has 2 heterocycles. The number of fused-ring (bicyclic) bond motifs is 1. The summed E-state index contributed by atoms with van der Waals surface area (Å²) >= 11 is 0. The minimum atomic E-state index is 0.107. The molecule has 4 nitrogen and oxygen atoms in total. The molecule has 0 unspecified atom stereocenters. The topological polar surface area (TPSA) is 41.6 Å². The average molecular weight is 274 g/mol. The Morgan fingerprint density at radius 2 is 2.05 bits per heavy atom. The fraction of sp³-hybridized carbons (Fsp3) is 0.562. The van der Waals surface area contributed by atoms with Crippen LogP contribution in [-0.4, -0.2) is 42.6 Å². The second kappa shape index (κ2) is 5.44. The van der Waals surface area contributed by atoms with Gasteiger partial charge in [-0.1, -0.05) is 12.1 Å². The number of carbonyl (C=O) groups is 1. The van der Waals surface area contributed by atoms with Crippen molar-refractivity contribution in [3.8, 4) is 0 Å². The number of morpholine rings is 1. The van der Waals surface area contributed by atoms with Crippen LogP contribution in [-0.2, 0) is 11.2 Å². The summed E-state index contributed by atoms with van der Waals surface area (Å²) in [4.78, 5) is 14.7. The van der Waals surface area contributed by atoms with E-state index in [4.69, 9.17) is 4.74 Å². The summed E-state index contributed by atoms with van der Waals surface area (Å²) in [7, 11) is 0. The van der Waals surface area contributed by atoms with Crippen LogP contribution in [0.4, 0.5) is 5.69 Å². The fourth-order valence-corrected chi connectivity index (χ4v) is 3.20. The van der Waals surface area contributed by atoms with Crippen LogP contribution in [0.5, 0.6) is 0 Å². The van der Waals surface area contributed by atoms with Gasteiger partial charge in [-0.2, -0.15) is 0 Å². The van der Waals surface area contributed by atoms with Crippen LogP contribution in [0.3, 0.4) is 0 Å². The highest BCUT2D eigenvalue weighted by molar-refractivity contribution is 6.00. The van der Waals surface area contributed by atoms with Crippen LogP contribution >= 0.6 is 0 Å². The minimum absolute atomic E-state index is 0.107. The maximum Gasteiger partial charge on any atom is 0.256 e. The lowest BCUT2D eigenvalue weighted by atomic mass is 9.98. The molecule has 20 heavy (non-hydrogen) atoms. The van der Waals surface area contributed by atoms with Crippen LogP contribution in [0.1, 0.15) is 36.2 Å². The van der Waals surface area contributed by atoms with Crippen molar-refractivity contribution in [3.63, 3.8) is 0 Å². The second-order valence-corrected chi connectivity index (χ2v) is 5.84. The van der Waals surface area contributed by atoms with Crippen molar-refractivity contribution in [3.05, 3.63) is 29.3 Å². The average Bonchev–Trinajstić information content (AvgIpc) is 2.45. The van der Waals surface area contributed by atoms with Crippen LogP contribution in [0.2, 0.25) is 0 Å². The first-order valence-corrected chi connectivity index (χ1v) is 7.45. The van der Waals surface area contributed by atoms with Crippen molar-refractivity contribution in [1.82, 2.24) is 4.90 Å². The maximum atomic E-state index is 12.8. The largest absolute Gasteiger partial charge is 0.384 e. The molecular weight excluding hydrogens is 252 g/mol. The highest BCUT2D eigenvalue weighted by Crippen LogP contribution is 2.27. The first-order chi connectivity index (χ1) is 9.65. The molecule has 0 radical (unpaired) electrons. The lowest BCUT2D eigenvalue weighted by Gasteiger charge is -2.36. The Labute approximate surface area is 120 Å². The highest BCUT2D eigenvalue weighted by atomic mass is 16.5. The van der Waals surface area contributed by atoms with E-state index in [1.54, 1.807) is 0 Å². The molecular formula is C16H22N2O2. The molecule has 2 aliphatic rings. The molecule has 1 N–H and O–H groups in total. The van der Waals surface area contributed by atoms with E-state index in [1.807, 2.05) is 30.9 Å². The van der Waals surface area contributed by atoms with Gasteiger partial charge in [-0.05, 0) is 38.3 Å². The summed E-state index contributed by atoms with van der Waals surface area (Å²) in [5, 5.41) is 3.39. The van der Waals surface area contributed by atoms with Gasteiger partial charge in [-0.15, -0.1) is 0 Å². The Balaban J connectivity index is 1.87. The summed E-state index contributed by atoms with van der Waals surface area (Å²) in [6.07, 6.45) is 2.40. The predicted molar refractivity (Wildman–Crippen MR) is 79.2 cm³/mol. The van der Waals surface area contributed by atoms with Gasteiger partial charge < -0.3 is 15.0 Å². The van der Waals surface area contributed by atoms with E-state index < -0.39 is 0 Å². The Kier molecular flexibility index (Phi) is 3.66. The maximum absolute atomic E-state index is 12.8. The van der Waals surface area contributed by atoms with Crippen molar-refractivity contribution in [1.29, 1.82) is 0 Å². The molecule has 108 valence electrons. The predicted octanol–water partition coefficient (Wildman–Crippen LogP) is 2.29. The molecule has 0 saturated carbocycles. The lowest BCUT2D eigenvalue weighted by molar-refractivity contribution is -0.0585. The smallest absolute Gasteiger partial charge is 0.256 e. The molecule has 0 spiro atoms. The number of para-hydroxylation sites is 1. The van der Waals surface area contributed by atoms with E-state index in [9.17, 15) is 4.79 Å². The molecule has 1 amide bonds. The summed E-state index contributed by atoms with van der Waals surface area (Å²) in [5.41, 5.74) is 3.11. The third kappa shape index (κ3) is 2.52. The number of nitrogens with zero attached hydrogens (tertiary/aromatic N) is 1. The number of hydrogen-bond donors (Lipinski definition) is 1. The van der Waals surface area contributed by atoms with Crippen molar-refractivity contribution in [2.75, 3.05) is 25.0 Å². The number of benzene rings is 1. The SMILES string of the molecule is C[C@@H]1CN(C(=O)c2cccc3c2NCCC3)C[C@H](C)O1. The molecule has 0 aromatic heterocycles. The molecule has 1 aromatic carbocycles. The number of rotatable bonds is 1. The Morgan fingerprint density at radius 1 is 1.30 bits per heavy atom. The van der Waals surface area contributed by atoms with Gasteiger partial charge in [-0.3, -0.25) is 4.79 Å². The molecule has 0 aliphatic carbocycles. The molecule has 2 aliphatic heterocycles. The molecule has 2 atom stereocenters. The fourth-order valence-electron chi connectivity index (χ4n) is 3.20. The van der Waals surface area contributed by atoms with E-state index in [1.165, 1.54) is 5.56 Å². The van der Waals surface area contributed by atoms with Gasteiger partial charge >= 0.3 is 0 Å². The number of anilines is 1. The molecule has 4 heteroatoms. The van der Waals surface area contributed by atoms with E-state index >= 15 is 0 Å². The molecule has 0 bridgehead atoms. The number of ether oxygens (including phenoxy) is 1. The summed E-state index contributed by atoms with van der Waals surface area (Å²) in [5.74, 6) is 0.123. The number of nitrogens with one attached hydrogen (secondary N) is 1. The van der Waals surface area contributed by atoms with E-state index in [0.29, 0.717) is 13.1 Å². The highest BCUT2D eigenvalue weighted by Gasteiger charge is 2.28. The van der Waals surface area contributed by atoms with Gasteiger partial charge in [0.1, 0.15) is 0 Å². The summed E-state index contributed by atoms with van der Waals surface area (Å²) in [6.45, 7) is 6.34. The Bertz CT molecular complexity index is 505. The standard InChI is InChI=1S/C16H22N2O2/c1-11-9-18(10-12(2)20-11)16(19)14-7-3-5-13-6-4-8-17-15(13)14/h3,5,7,11-12,17H,4,6,8-10H2,1-2H3/t11-,12+. The number of carbonyl (C=O) groups excluding carboxylic acids is 1. The normalized spacial score (nSPS) is 25.8. The zero-order valence-electron chi connectivity index (χ0n) is 12.2. The number of hydrogen-bond acceptors (Lipinski definition) is 3. The van der Waals surface area contributed by atoms with Gasteiger partial charge in [0.15, 0.2) is 0 Å². The van der Waals surface area contributed by atoms with Gasteiger partial charge in [0, 0.05) is 19.6 Å². The van der Waals surface area contributed by atoms with Crippen LogP contribution in [0.15, 0.2) is 18.2 Å². The van der Waals surface area contributed by atoms with Crippen LogP contribution in [0.25, 0.3) is 0 Å². The summed E-state index contributed by atoms with van der Waals surface area (Å²) < 4.78 is 5.71. The Morgan fingerprint density at radius 3 is 2.80 bits per heavy atom. The first-order valence-electron chi connectivity index (χ1n) is 7.45. The first kappa shape index (κ1) is 13.4. The van der Waals surface area contributed by atoms with Crippen molar-refractivity contribution >= 4 is 11.6 Å². The summed E-state index contributed by atoms with van der Waals surface area (Å²) in [6, 6.07) is 6.04. The van der Waals surface area contributed by atoms with Gasteiger partial charge in [0.05, 0.1) is 23.5 Å². The third-order valence-corrected chi connectivity index (χ3v) is 4.01. The minimum Gasteiger partial charge on any atom is -0.384 e. The van der Waals surface area contributed by atoms with Gasteiger partial charge in [0.2, 0.25) is 0 Å². The van der Waals surface area contributed by atoms with Crippen molar-refractivity contribution in [2.45, 2.75) is 38.9 Å². The van der Waals surface area contributed by atoms with Gasteiger partial charge in [0.25, 0.3) is 5.91 Å². The zero-order chi connectivity index (χ0) is 14.1. The van der Waals surface area contributed by atoms with Crippen LogP contribution < -0.4 is 5.32 Å². The molecule has 1 aromatic rings. The quantitative estimate of drug-likeness (QED) is 0.854. The van der Waals surface area contributed by atoms with Gasteiger partial charge in [-0.25, -0.2) is 0 Å². The number of amides is 1. The Hall–Kier alpha value is -1.55. The van der Waals surface area contributed by atoms with Crippen molar-refractivity contribution < 1.29 is 9.53 Å². The lowest BCUT2D eigenvalue weighted by Crippen LogP contribution is -2.48.